The third-order valence-corrected chi connectivity index (χ3v) is 4.98. The highest BCUT2D eigenvalue weighted by molar-refractivity contribution is 5.71. The highest BCUT2D eigenvalue weighted by atomic mass is 19.4. The first-order chi connectivity index (χ1) is 15.3. The summed E-state index contributed by atoms with van der Waals surface area (Å²) in [7, 11) is 0. The SMILES string of the molecule is CC(Cc1c[nH]c(=O)c(C(F)(F)F)c1)OC(=O)N1CC=C(c2ccc(C(F)(F)F)cn2)CC1. The Bertz CT molecular complexity index is 1090. The molecule has 12 heteroatoms. The summed E-state index contributed by atoms with van der Waals surface area (Å²) in [6.07, 6.45) is -6.90. The minimum absolute atomic E-state index is 0.0456. The smallest absolute Gasteiger partial charge is 0.421 e. The van der Waals surface area contributed by atoms with Gasteiger partial charge < -0.3 is 14.6 Å². The minimum Gasteiger partial charge on any atom is -0.446 e. The first-order valence-corrected chi connectivity index (χ1v) is 9.81. The van der Waals surface area contributed by atoms with Gasteiger partial charge in [0.1, 0.15) is 11.7 Å². The minimum atomic E-state index is -4.80. The zero-order valence-electron chi connectivity index (χ0n) is 17.3. The van der Waals surface area contributed by atoms with Crippen LogP contribution in [0.1, 0.15) is 35.7 Å². The number of nitrogens with one attached hydrogen (secondary N) is 1. The van der Waals surface area contributed by atoms with Crippen molar-refractivity contribution in [1.29, 1.82) is 0 Å². The van der Waals surface area contributed by atoms with Crippen molar-refractivity contribution in [2.24, 2.45) is 0 Å². The molecule has 3 heterocycles. The molecule has 0 aromatic carbocycles. The Morgan fingerprint density at radius 3 is 2.48 bits per heavy atom. The second kappa shape index (κ2) is 9.28. The summed E-state index contributed by atoms with van der Waals surface area (Å²) in [5, 5.41) is 0. The van der Waals surface area contributed by atoms with Gasteiger partial charge in [-0.2, -0.15) is 26.3 Å². The lowest BCUT2D eigenvalue weighted by atomic mass is 10.0. The van der Waals surface area contributed by atoms with E-state index in [1.165, 1.54) is 17.9 Å². The monoisotopic (exact) mass is 475 g/mol. The zero-order valence-corrected chi connectivity index (χ0v) is 17.3. The molecule has 1 unspecified atom stereocenters. The predicted molar refractivity (Wildman–Crippen MR) is 105 cm³/mol. The van der Waals surface area contributed by atoms with E-state index < -0.39 is 41.2 Å². The van der Waals surface area contributed by atoms with Crippen molar-refractivity contribution in [3.8, 4) is 0 Å². The molecular formula is C21H19F6N3O3. The first-order valence-electron chi connectivity index (χ1n) is 9.81. The van der Waals surface area contributed by atoms with Crippen LogP contribution in [0.25, 0.3) is 5.57 Å². The van der Waals surface area contributed by atoms with Crippen LogP contribution < -0.4 is 5.56 Å². The van der Waals surface area contributed by atoms with Crippen LogP contribution in [0.15, 0.2) is 41.5 Å². The Morgan fingerprint density at radius 1 is 1.21 bits per heavy atom. The molecule has 1 amide bonds. The number of hydrogen-bond acceptors (Lipinski definition) is 4. The lowest BCUT2D eigenvalue weighted by Crippen LogP contribution is -2.37. The molecule has 33 heavy (non-hydrogen) atoms. The van der Waals surface area contributed by atoms with E-state index in [1.807, 2.05) is 4.98 Å². The van der Waals surface area contributed by atoms with Crippen LogP contribution in [0, 0.1) is 0 Å². The Labute approximate surface area is 183 Å². The molecule has 1 N–H and O–H groups in total. The van der Waals surface area contributed by atoms with E-state index in [2.05, 4.69) is 4.98 Å². The molecule has 0 saturated heterocycles. The van der Waals surface area contributed by atoms with Crippen molar-refractivity contribution in [3.05, 3.63) is 69.4 Å². The topological polar surface area (TPSA) is 75.3 Å². The number of hydrogen-bond donors (Lipinski definition) is 1. The summed E-state index contributed by atoms with van der Waals surface area (Å²) in [6.45, 7) is 1.88. The number of carbonyl (C=O) groups excluding carboxylic acids is 1. The number of aromatic amines is 1. The van der Waals surface area contributed by atoms with E-state index in [9.17, 15) is 35.9 Å². The Kier molecular flexibility index (Phi) is 6.84. The van der Waals surface area contributed by atoms with E-state index in [1.54, 1.807) is 6.08 Å². The molecule has 0 bridgehead atoms. The molecule has 3 rings (SSSR count). The molecule has 0 aliphatic carbocycles. The predicted octanol–water partition coefficient (Wildman–Crippen LogP) is 4.66. The average molecular weight is 475 g/mol. The number of alkyl halides is 6. The van der Waals surface area contributed by atoms with Gasteiger partial charge in [0.05, 0.1) is 11.3 Å². The van der Waals surface area contributed by atoms with Crippen LogP contribution in [-0.2, 0) is 23.5 Å². The van der Waals surface area contributed by atoms with Gasteiger partial charge in [0.25, 0.3) is 5.56 Å². The number of rotatable bonds is 4. The third-order valence-electron chi connectivity index (χ3n) is 4.98. The van der Waals surface area contributed by atoms with Crippen LogP contribution >= 0.6 is 0 Å². The fourth-order valence-corrected chi connectivity index (χ4v) is 3.30. The Morgan fingerprint density at radius 2 is 1.94 bits per heavy atom. The number of pyridine rings is 2. The number of ether oxygens (including phenoxy) is 1. The maximum absolute atomic E-state index is 12.9. The summed E-state index contributed by atoms with van der Waals surface area (Å²) < 4.78 is 81.9. The highest BCUT2D eigenvalue weighted by Crippen LogP contribution is 2.30. The summed E-state index contributed by atoms with van der Waals surface area (Å²) >= 11 is 0. The van der Waals surface area contributed by atoms with E-state index in [4.69, 9.17) is 4.74 Å². The largest absolute Gasteiger partial charge is 0.446 e. The standard InChI is InChI=1S/C21H19F6N3O3/c1-12(8-13-9-16(21(25,26)27)18(31)29-10-13)33-19(32)30-6-4-14(5-7-30)17-3-2-15(11-28-17)20(22,23)24/h2-4,9-12H,5-8H2,1H3,(H,29,31). The molecule has 0 fully saturated rings. The van der Waals surface area contributed by atoms with E-state index in [0.29, 0.717) is 17.7 Å². The molecule has 1 atom stereocenters. The molecule has 0 radical (unpaired) electrons. The number of aromatic nitrogens is 2. The summed E-state index contributed by atoms with van der Waals surface area (Å²) in [5.41, 5.74) is -2.22. The van der Waals surface area contributed by atoms with Gasteiger partial charge in [0.15, 0.2) is 0 Å². The summed E-state index contributed by atoms with van der Waals surface area (Å²) in [6, 6.07) is 2.92. The summed E-state index contributed by atoms with van der Waals surface area (Å²) in [4.78, 5) is 30.9. The second-order valence-corrected chi connectivity index (χ2v) is 7.50. The van der Waals surface area contributed by atoms with Gasteiger partial charge in [-0.25, -0.2) is 4.79 Å². The van der Waals surface area contributed by atoms with Crippen molar-refractivity contribution in [2.45, 2.75) is 38.2 Å². The van der Waals surface area contributed by atoms with Crippen LogP contribution in [0.5, 0.6) is 0 Å². The molecular weight excluding hydrogens is 456 g/mol. The van der Waals surface area contributed by atoms with E-state index in [0.717, 1.165) is 24.5 Å². The zero-order chi connectivity index (χ0) is 24.4. The summed E-state index contributed by atoms with van der Waals surface area (Å²) in [5.74, 6) is 0. The van der Waals surface area contributed by atoms with Crippen molar-refractivity contribution in [2.75, 3.05) is 13.1 Å². The van der Waals surface area contributed by atoms with Crippen LogP contribution in [0.3, 0.4) is 0 Å². The fraction of sp³-hybridized carbons (Fsp3) is 0.381. The average Bonchev–Trinajstić information content (AvgIpc) is 2.74. The van der Waals surface area contributed by atoms with Crippen molar-refractivity contribution >= 4 is 11.7 Å². The molecule has 2 aromatic rings. The van der Waals surface area contributed by atoms with Crippen molar-refractivity contribution in [1.82, 2.24) is 14.9 Å². The lowest BCUT2D eigenvalue weighted by molar-refractivity contribution is -0.139. The number of carbonyl (C=O) groups is 1. The van der Waals surface area contributed by atoms with E-state index in [-0.39, 0.29) is 25.1 Å². The maximum Gasteiger partial charge on any atom is 0.421 e. The van der Waals surface area contributed by atoms with Crippen molar-refractivity contribution < 1.29 is 35.9 Å². The number of halogens is 6. The fourth-order valence-electron chi connectivity index (χ4n) is 3.30. The molecule has 0 saturated carbocycles. The van der Waals surface area contributed by atoms with Crippen LogP contribution in [0.2, 0.25) is 0 Å². The Hall–Kier alpha value is -3.31. The molecule has 1 aliphatic heterocycles. The molecule has 6 nitrogen and oxygen atoms in total. The Balaban J connectivity index is 1.58. The molecule has 2 aromatic heterocycles. The van der Waals surface area contributed by atoms with Gasteiger partial charge >= 0.3 is 18.4 Å². The first kappa shape index (κ1) is 24.3. The number of H-pyrrole nitrogens is 1. The van der Waals surface area contributed by atoms with Gasteiger partial charge in [-0.15, -0.1) is 0 Å². The maximum atomic E-state index is 12.9. The van der Waals surface area contributed by atoms with Gasteiger partial charge in [-0.1, -0.05) is 6.08 Å². The quantitative estimate of drug-likeness (QED) is 0.653. The van der Waals surface area contributed by atoms with Gasteiger partial charge in [-0.3, -0.25) is 9.78 Å². The second-order valence-electron chi connectivity index (χ2n) is 7.50. The molecule has 178 valence electrons. The van der Waals surface area contributed by atoms with Crippen LogP contribution in [0.4, 0.5) is 31.1 Å². The van der Waals surface area contributed by atoms with Crippen molar-refractivity contribution in [3.63, 3.8) is 0 Å². The third kappa shape index (κ3) is 6.14. The highest BCUT2D eigenvalue weighted by Gasteiger charge is 2.34. The molecule has 1 aliphatic rings. The van der Waals surface area contributed by atoms with Gasteiger partial charge in [-0.05, 0) is 42.7 Å². The van der Waals surface area contributed by atoms with Gasteiger partial charge in [0.2, 0.25) is 0 Å². The number of nitrogens with zero attached hydrogens (tertiary/aromatic N) is 2. The van der Waals surface area contributed by atoms with Gasteiger partial charge in [0, 0.05) is 31.9 Å². The van der Waals surface area contributed by atoms with E-state index >= 15 is 0 Å². The molecule has 0 spiro atoms. The van der Waals surface area contributed by atoms with Crippen LogP contribution in [-0.4, -0.2) is 40.2 Å². The number of amides is 1. The normalized spacial score (nSPS) is 15.7. The lowest BCUT2D eigenvalue weighted by Gasteiger charge is -2.27.